The predicted molar refractivity (Wildman–Crippen MR) is 128 cm³/mol. The quantitative estimate of drug-likeness (QED) is 0.401. The van der Waals surface area contributed by atoms with Crippen molar-refractivity contribution in [2.75, 3.05) is 13.1 Å². The lowest BCUT2D eigenvalue weighted by atomic mass is 10.2. The van der Waals surface area contributed by atoms with Crippen LogP contribution in [0.15, 0.2) is 75.0 Å². The maximum atomic E-state index is 12.8. The number of amides is 1. The second kappa shape index (κ2) is 9.51. The molecule has 10 nitrogen and oxygen atoms in total. The second-order valence-corrected chi connectivity index (χ2v) is 10.3. The molecule has 35 heavy (non-hydrogen) atoms. The molecule has 0 spiro atoms. The molecule has 2 aromatic heterocycles. The first-order valence-corrected chi connectivity index (χ1v) is 12.8. The van der Waals surface area contributed by atoms with Gasteiger partial charge in [-0.25, -0.2) is 17.9 Å². The number of sulfonamides is 1. The van der Waals surface area contributed by atoms with E-state index in [1.807, 2.05) is 36.5 Å². The summed E-state index contributed by atoms with van der Waals surface area (Å²) < 4.78 is 35.4. The minimum atomic E-state index is -3.62. The zero-order valence-electron chi connectivity index (χ0n) is 19.0. The highest BCUT2D eigenvalue weighted by molar-refractivity contribution is 7.89. The van der Waals surface area contributed by atoms with Crippen molar-refractivity contribution in [3.8, 4) is 5.69 Å². The van der Waals surface area contributed by atoms with Crippen molar-refractivity contribution in [1.29, 1.82) is 0 Å². The van der Waals surface area contributed by atoms with Crippen LogP contribution >= 0.6 is 0 Å². The minimum absolute atomic E-state index is 0.0771. The smallest absolute Gasteiger partial charge is 0.408 e. The molecule has 0 aliphatic carbocycles. The van der Waals surface area contributed by atoms with E-state index >= 15 is 0 Å². The number of hydrogen-bond donors (Lipinski definition) is 1. The molecule has 0 radical (unpaired) electrons. The highest BCUT2D eigenvalue weighted by atomic mass is 32.2. The third-order valence-electron chi connectivity index (χ3n) is 6.10. The Kier molecular flexibility index (Phi) is 6.27. The number of nitrogens with one attached hydrogen (secondary N) is 1. The SMILES string of the molecule is O=C(CCn1c(=O)oc2cc(S(=O)(=O)N3CCCC3)ccc21)NCc1ccc(-n2cccn2)cc1. The van der Waals surface area contributed by atoms with Gasteiger partial charge < -0.3 is 9.73 Å². The van der Waals surface area contributed by atoms with E-state index in [9.17, 15) is 18.0 Å². The van der Waals surface area contributed by atoms with Crippen molar-refractivity contribution in [2.45, 2.75) is 37.2 Å². The minimum Gasteiger partial charge on any atom is -0.408 e. The van der Waals surface area contributed by atoms with Crippen molar-refractivity contribution in [3.05, 3.63) is 77.0 Å². The van der Waals surface area contributed by atoms with Crippen LogP contribution in [0.3, 0.4) is 0 Å². The van der Waals surface area contributed by atoms with Gasteiger partial charge in [0.05, 0.1) is 16.1 Å². The molecule has 1 fully saturated rings. The average Bonchev–Trinajstić information content (AvgIpc) is 3.63. The summed E-state index contributed by atoms with van der Waals surface area (Å²) >= 11 is 0. The van der Waals surface area contributed by atoms with Crippen molar-refractivity contribution < 1.29 is 17.6 Å². The van der Waals surface area contributed by atoms with Crippen LogP contribution in [-0.2, 0) is 27.9 Å². The van der Waals surface area contributed by atoms with E-state index in [2.05, 4.69) is 10.4 Å². The Morgan fingerprint density at radius 2 is 1.86 bits per heavy atom. The highest BCUT2D eigenvalue weighted by Crippen LogP contribution is 2.24. The van der Waals surface area contributed by atoms with Crippen LogP contribution in [0.2, 0.25) is 0 Å². The molecule has 1 N–H and O–H groups in total. The monoisotopic (exact) mass is 495 g/mol. The number of aromatic nitrogens is 3. The van der Waals surface area contributed by atoms with Gasteiger partial charge in [-0.3, -0.25) is 9.36 Å². The number of carbonyl (C=O) groups excluding carboxylic acids is 1. The maximum absolute atomic E-state index is 12.8. The summed E-state index contributed by atoms with van der Waals surface area (Å²) in [4.78, 5) is 24.9. The number of aryl methyl sites for hydroxylation is 1. The van der Waals surface area contributed by atoms with Crippen LogP contribution in [0.25, 0.3) is 16.8 Å². The van der Waals surface area contributed by atoms with Gasteiger partial charge in [0.1, 0.15) is 0 Å². The molecule has 0 bridgehead atoms. The van der Waals surface area contributed by atoms with Gasteiger partial charge in [-0.2, -0.15) is 9.40 Å². The van der Waals surface area contributed by atoms with Gasteiger partial charge in [-0.15, -0.1) is 0 Å². The average molecular weight is 496 g/mol. The number of rotatable bonds is 8. The van der Waals surface area contributed by atoms with E-state index in [0.717, 1.165) is 24.1 Å². The normalized spacial score (nSPS) is 14.5. The molecule has 5 rings (SSSR count). The van der Waals surface area contributed by atoms with Crippen molar-refractivity contribution in [1.82, 2.24) is 24.0 Å². The molecular formula is C24H25N5O5S. The lowest BCUT2D eigenvalue weighted by molar-refractivity contribution is -0.121. The summed E-state index contributed by atoms with van der Waals surface area (Å²) in [5.41, 5.74) is 2.50. The molecule has 4 aromatic rings. The zero-order chi connectivity index (χ0) is 24.4. The summed E-state index contributed by atoms with van der Waals surface area (Å²) in [5.74, 6) is -0.839. The molecule has 1 aliphatic rings. The fourth-order valence-corrected chi connectivity index (χ4v) is 5.72. The Morgan fingerprint density at radius 3 is 2.57 bits per heavy atom. The van der Waals surface area contributed by atoms with Crippen LogP contribution in [-0.4, -0.2) is 46.1 Å². The Labute approximate surface area is 201 Å². The Bertz CT molecular complexity index is 1500. The second-order valence-electron chi connectivity index (χ2n) is 8.40. The molecule has 1 saturated heterocycles. The van der Waals surface area contributed by atoms with Gasteiger partial charge in [0.25, 0.3) is 0 Å². The van der Waals surface area contributed by atoms with E-state index < -0.39 is 15.8 Å². The van der Waals surface area contributed by atoms with Crippen LogP contribution in [0.5, 0.6) is 0 Å². The zero-order valence-corrected chi connectivity index (χ0v) is 19.8. The topological polar surface area (TPSA) is 119 Å². The molecule has 0 atom stereocenters. The third kappa shape index (κ3) is 4.77. The number of nitrogens with zero attached hydrogens (tertiary/aromatic N) is 4. The molecule has 1 aliphatic heterocycles. The Balaban J connectivity index is 1.21. The number of benzene rings is 2. The molecule has 1 amide bonds. The molecule has 2 aromatic carbocycles. The number of carbonyl (C=O) groups is 1. The molecule has 182 valence electrons. The largest absolute Gasteiger partial charge is 0.419 e. The fourth-order valence-electron chi connectivity index (χ4n) is 4.19. The first kappa shape index (κ1) is 23.1. The molecule has 11 heteroatoms. The fraction of sp³-hybridized carbons (Fsp3) is 0.292. The lowest BCUT2D eigenvalue weighted by Crippen LogP contribution is -2.27. The van der Waals surface area contributed by atoms with E-state index in [0.29, 0.717) is 25.2 Å². The predicted octanol–water partition coefficient (Wildman–Crippen LogP) is 2.27. The van der Waals surface area contributed by atoms with E-state index in [1.165, 1.54) is 21.0 Å². The first-order valence-electron chi connectivity index (χ1n) is 11.4. The number of fused-ring (bicyclic) bond motifs is 1. The first-order chi connectivity index (χ1) is 16.9. The summed E-state index contributed by atoms with van der Waals surface area (Å²) in [6.07, 6.45) is 5.31. The highest BCUT2D eigenvalue weighted by Gasteiger charge is 2.28. The van der Waals surface area contributed by atoms with Crippen LogP contribution in [0, 0.1) is 0 Å². The summed E-state index contributed by atoms with van der Waals surface area (Å²) in [7, 11) is -3.62. The van der Waals surface area contributed by atoms with E-state index in [1.54, 1.807) is 16.9 Å². The van der Waals surface area contributed by atoms with Gasteiger partial charge in [-0.05, 0) is 48.7 Å². The van der Waals surface area contributed by atoms with Gasteiger partial charge in [0.2, 0.25) is 15.9 Å². The maximum Gasteiger partial charge on any atom is 0.419 e. The van der Waals surface area contributed by atoms with E-state index in [-0.39, 0.29) is 29.4 Å². The molecule has 0 unspecified atom stereocenters. The van der Waals surface area contributed by atoms with Gasteiger partial charge in [0, 0.05) is 51.1 Å². The van der Waals surface area contributed by atoms with Crippen molar-refractivity contribution in [3.63, 3.8) is 0 Å². The number of hydrogen-bond acceptors (Lipinski definition) is 6. The van der Waals surface area contributed by atoms with Crippen LogP contribution in [0.4, 0.5) is 0 Å². The van der Waals surface area contributed by atoms with E-state index in [4.69, 9.17) is 4.42 Å². The van der Waals surface area contributed by atoms with Crippen molar-refractivity contribution >= 4 is 27.0 Å². The van der Waals surface area contributed by atoms with Gasteiger partial charge in [-0.1, -0.05) is 12.1 Å². The van der Waals surface area contributed by atoms with Crippen LogP contribution < -0.4 is 11.1 Å². The van der Waals surface area contributed by atoms with Gasteiger partial charge in [0.15, 0.2) is 5.58 Å². The Morgan fingerprint density at radius 1 is 1.09 bits per heavy atom. The van der Waals surface area contributed by atoms with Gasteiger partial charge >= 0.3 is 5.76 Å². The number of oxazole rings is 1. The third-order valence-corrected chi connectivity index (χ3v) is 7.99. The van der Waals surface area contributed by atoms with Crippen LogP contribution in [0.1, 0.15) is 24.8 Å². The molecule has 3 heterocycles. The summed E-state index contributed by atoms with van der Waals surface area (Å²) in [5, 5.41) is 7.03. The standard InChI is InChI=1S/C24H25N5O5S/c30-23(25-17-18-4-6-19(7-5-18)29-14-3-11-26-29)10-15-28-21-9-8-20(16-22(21)34-24(28)31)35(32,33)27-12-1-2-13-27/h3-9,11,14,16H,1-2,10,12-13,15,17H2,(H,25,30). The van der Waals surface area contributed by atoms with Crippen molar-refractivity contribution in [2.24, 2.45) is 0 Å². The molecule has 0 saturated carbocycles. The molecular weight excluding hydrogens is 470 g/mol. The summed E-state index contributed by atoms with van der Waals surface area (Å²) in [6.45, 7) is 1.47. The summed E-state index contributed by atoms with van der Waals surface area (Å²) in [6, 6.07) is 13.9. The lowest BCUT2D eigenvalue weighted by Gasteiger charge is -2.15. The Hall–Kier alpha value is -3.70.